The molecule has 1 aliphatic carbocycles. The van der Waals surface area contributed by atoms with Gasteiger partial charge in [-0.2, -0.15) is 0 Å². The average molecular weight is 358 g/mol. The average Bonchev–Trinajstić information content (AvgIpc) is 2.92. The number of hydrogen-bond donors (Lipinski definition) is 0. The molecule has 3 rings (SSSR count). The number of rotatable bonds is 2. The first-order chi connectivity index (χ1) is 9.90. The number of fused-ring (bicyclic) bond motifs is 1. The second-order valence-corrected chi connectivity index (χ2v) is 6.73. The maximum atomic E-state index is 14.0. The van der Waals surface area contributed by atoms with E-state index in [-0.39, 0.29) is 40.2 Å². The number of nitrogens with zero attached hydrogens (tertiary/aromatic N) is 1. The first-order valence-corrected chi connectivity index (χ1v) is 7.67. The lowest BCUT2D eigenvalue weighted by molar-refractivity contribution is -0.141. The van der Waals surface area contributed by atoms with Crippen LogP contribution in [0, 0.1) is 29.4 Å². The molecule has 6 heteroatoms. The molecule has 1 aromatic rings. The van der Waals surface area contributed by atoms with Crippen LogP contribution in [0.1, 0.15) is 25.3 Å². The molecule has 2 aliphatic rings. The fraction of sp³-hybridized carbons (Fsp3) is 0.467. The Morgan fingerprint density at radius 1 is 1.19 bits per heavy atom. The third-order valence-corrected chi connectivity index (χ3v) is 5.03. The molecule has 2 unspecified atom stereocenters. The van der Waals surface area contributed by atoms with Crippen LogP contribution in [0.3, 0.4) is 0 Å². The number of benzene rings is 1. The number of carbonyl (C=O) groups excluding carboxylic acids is 2. The molecule has 1 heterocycles. The van der Waals surface area contributed by atoms with E-state index in [2.05, 4.69) is 15.9 Å². The maximum Gasteiger partial charge on any atom is 0.233 e. The summed E-state index contributed by atoms with van der Waals surface area (Å²) in [6.45, 7) is 1.67. The lowest BCUT2D eigenvalue weighted by atomic mass is 10.00. The molecule has 0 bridgehead atoms. The van der Waals surface area contributed by atoms with Gasteiger partial charge in [0, 0.05) is 5.56 Å². The number of imide groups is 1. The fourth-order valence-electron chi connectivity index (χ4n) is 3.37. The number of carbonyl (C=O) groups is 2. The SMILES string of the molecule is CC1CC2C(=O)N(Cc3c(F)ccc(Br)c3F)C(=O)C2C1. The van der Waals surface area contributed by atoms with Gasteiger partial charge in [-0.05, 0) is 46.8 Å². The summed E-state index contributed by atoms with van der Waals surface area (Å²) < 4.78 is 27.9. The Morgan fingerprint density at radius 2 is 1.76 bits per heavy atom. The van der Waals surface area contributed by atoms with E-state index in [4.69, 9.17) is 0 Å². The highest BCUT2D eigenvalue weighted by molar-refractivity contribution is 9.10. The van der Waals surface area contributed by atoms with Gasteiger partial charge in [-0.1, -0.05) is 6.92 Å². The van der Waals surface area contributed by atoms with Crippen molar-refractivity contribution in [1.29, 1.82) is 0 Å². The summed E-state index contributed by atoms with van der Waals surface area (Å²) >= 11 is 2.99. The number of hydrogen-bond acceptors (Lipinski definition) is 2. The molecule has 1 saturated heterocycles. The van der Waals surface area contributed by atoms with Crippen molar-refractivity contribution < 1.29 is 18.4 Å². The van der Waals surface area contributed by atoms with E-state index in [0.29, 0.717) is 18.8 Å². The Bertz CT molecular complexity index is 610. The lowest BCUT2D eigenvalue weighted by Gasteiger charge is -2.18. The molecule has 1 saturated carbocycles. The molecule has 0 N–H and O–H groups in total. The van der Waals surface area contributed by atoms with Crippen molar-refractivity contribution in [2.75, 3.05) is 0 Å². The molecule has 0 spiro atoms. The zero-order valence-electron chi connectivity index (χ0n) is 11.4. The van der Waals surface area contributed by atoms with Gasteiger partial charge in [0.1, 0.15) is 11.6 Å². The molecule has 0 aromatic heterocycles. The lowest BCUT2D eigenvalue weighted by Crippen LogP contribution is -2.32. The molecular formula is C15H14BrF2NO2. The van der Waals surface area contributed by atoms with Crippen molar-refractivity contribution in [2.24, 2.45) is 17.8 Å². The molecule has 1 aromatic carbocycles. The van der Waals surface area contributed by atoms with Crippen molar-refractivity contribution in [3.63, 3.8) is 0 Å². The Labute approximate surface area is 129 Å². The second-order valence-electron chi connectivity index (χ2n) is 5.87. The van der Waals surface area contributed by atoms with Gasteiger partial charge in [0.05, 0.1) is 22.9 Å². The molecule has 2 amide bonds. The Morgan fingerprint density at radius 3 is 2.33 bits per heavy atom. The summed E-state index contributed by atoms with van der Waals surface area (Å²) in [5.74, 6) is -2.39. The highest BCUT2D eigenvalue weighted by Gasteiger charge is 2.51. The van der Waals surface area contributed by atoms with E-state index in [9.17, 15) is 18.4 Å². The van der Waals surface area contributed by atoms with E-state index in [0.717, 1.165) is 11.0 Å². The van der Waals surface area contributed by atoms with Gasteiger partial charge in [0.2, 0.25) is 11.8 Å². The highest BCUT2D eigenvalue weighted by Crippen LogP contribution is 2.43. The Hall–Kier alpha value is -1.30. The third kappa shape index (κ3) is 2.29. The van der Waals surface area contributed by atoms with E-state index in [1.807, 2.05) is 6.92 Å². The fourth-order valence-corrected chi connectivity index (χ4v) is 3.75. The molecule has 2 atom stereocenters. The number of amides is 2. The van der Waals surface area contributed by atoms with Crippen LogP contribution in [0.25, 0.3) is 0 Å². The second kappa shape index (κ2) is 5.16. The molecular weight excluding hydrogens is 344 g/mol. The molecule has 112 valence electrons. The monoisotopic (exact) mass is 357 g/mol. The maximum absolute atomic E-state index is 14.0. The van der Waals surface area contributed by atoms with Crippen LogP contribution in [0.5, 0.6) is 0 Å². The summed E-state index contributed by atoms with van der Waals surface area (Å²) in [6, 6.07) is 2.38. The van der Waals surface area contributed by atoms with Crippen LogP contribution < -0.4 is 0 Å². The molecule has 1 aliphatic heterocycles. The molecule has 21 heavy (non-hydrogen) atoms. The minimum Gasteiger partial charge on any atom is -0.277 e. The predicted octanol–water partition coefficient (Wildman–Crippen LogP) is 3.26. The van der Waals surface area contributed by atoms with Crippen molar-refractivity contribution in [3.8, 4) is 0 Å². The molecule has 2 fully saturated rings. The van der Waals surface area contributed by atoms with Crippen molar-refractivity contribution in [3.05, 3.63) is 33.8 Å². The Kier molecular flexibility index (Phi) is 3.59. The van der Waals surface area contributed by atoms with Crippen LogP contribution in [0.15, 0.2) is 16.6 Å². The zero-order valence-corrected chi connectivity index (χ0v) is 13.0. The van der Waals surface area contributed by atoms with E-state index < -0.39 is 11.6 Å². The van der Waals surface area contributed by atoms with Gasteiger partial charge in [-0.15, -0.1) is 0 Å². The number of halogens is 3. The molecule has 0 radical (unpaired) electrons. The minimum atomic E-state index is -0.763. The van der Waals surface area contributed by atoms with Crippen LogP contribution in [0.4, 0.5) is 8.78 Å². The minimum absolute atomic E-state index is 0.117. The normalized spacial score (nSPS) is 28.4. The Balaban J connectivity index is 1.89. The first kappa shape index (κ1) is 14.6. The standard InChI is InChI=1S/C15H14BrF2NO2/c1-7-4-8-9(5-7)15(21)19(14(8)20)6-10-12(17)3-2-11(16)13(10)18/h2-3,7-9H,4-6H2,1H3. The van der Waals surface area contributed by atoms with Crippen LogP contribution in [0.2, 0.25) is 0 Å². The van der Waals surface area contributed by atoms with Gasteiger partial charge < -0.3 is 0 Å². The van der Waals surface area contributed by atoms with Gasteiger partial charge in [0.25, 0.3) is 0 Å². The van der Waals surface area contributed by atoms with E-state index >= 15 is 0 Å². The topological polar surface area (TPSA) is 37.4 Å². The van der Waals surface area contributed by atoms with Crippen LogP contribution in [-0.2, 0) is 16.1 Å². The zero-order chi connectivity index (χ0) is 15.3. The molecule has 3 nitrogen and oxygen atoms in total. The van der Waals surface area contributed by atoms with Crippen LogP contribution >= 0.6 is 15.9 Å². The smallest absolute Gasteiger partial charge is 0.233 e. The summed E-state index contributed by atoms with van der Waals surface area (Å²) in [4.78, 5) is 25.6. The van der Waals surface area contributed by atoms with Gasteiger partial charge >= 0.3 is 0 Å². The van der Waals surface area contributed by atoms with Gasteiger partial charge in [-0.3, -0.25) is 14.5 Å². The van der Waals surface area contributed by atoms with E-state index in [1.54, 1.807) is 0 Å². The summed E-state index contributed by atoms with van der Waals surface area (Å²) in [6.07, 6.45) is 1.35. The van der Waals surface area contributed by atoms with E-state index in [1.165, 1.54) is 6.07 Å². The summed E-state index contributed by atoms with van der Waals surface area (Å²) in [5, 5.41) is 0. The summed E-state index contributed by atoms with van der Waals surface area (Å²) in [5.41, 5.74) is -0.251. The summed E-state index contributed by atoms with van der Waals surface area (Å²) in [7, 11) is 0. The highest BCUT2D eigenvalue weighted by atomic mass is 79.9. The van der Waals surface area contributed by atoms with Gasteiger partial charge in [0.15, 0.2) is 0 Å². The van der Waals surface area contributed by atoms with Crippen molar-refractivity contribution in [2.45, 2.75) is 26.3 Å². The first-order valence-electron chi connectivity index (χ1n) is 6.87. The van der Waals surface area contributed by atoms with Crippen LogP contribution in [-0.4, -0.2) is 16.7 Å². The largest absolute Gasteiger partial charge is 0.277 e. The third-order valence-electron chi connectivity index (χ3n) is 4.42. The van der Waals surface area contributed by atoms with Gasteiger partial charge in [-0.25, -0.2) is 8.78 Å². The van der Waals surface area contributed by atoms with Crippen molar-refractivity contribution in [1.82, 2.24) is 4.90 Å². The van der Waals surface area contributed by atoms with Crippen molar-refractivity contribution >= 4 is 27.7 Å². The number of likely N-dealkylation sites (tertiary alicyclic amines) is 1. The quantitative estimate of drug-likeness (QED) is 0.601. The predicted molar refractivity (Wildman–Crippen MR) is 75.0 cm³/mol.